The third kappa shape index (κ3) is 3.39. The van der Waals surface area contributed by atoms with Crippen LogP contribution in [0.2, 0.25) is 0 Å². The molecule has 0 aliphatic heterocycles. The smallest absolute Gasteiger partial charge is 0.129 e. The van der Waals surface area contributed by atoms with Crippen LogP contribution in [-0.2, 0) is 6.42 Å². The van der Waals surface area contributed by atoms with Crippen LogP contribution in [0.5, 0.6) is 5.75 Å². The highest BCUT2D eigenvalue weighted by Crippen LogP contribution is 2.24. The lowest BCUT2D eigenvalue weighted by molar-refractivity contribution is 0.471. The maximum Gasteiger partial charge on any atom is 0.129 e. The molecule has 1 rings (SSSR count). The summed E-state index contributed by atoms with van der Waals surface area (Å²) >= 11 is 3.31. The third-order valence-corrected chi connectivity index (χ3v) is 2.72. The van der Waals surface area contributed by atoms with Crippen LogP contribution in [0, 0.1) is 0 Å². The molecule has 0 spiro atoms. The number of aromatic hydroxyl groups is 1. The first-order valence-corrected chi connectivity index (χ1v) is 5.50. The number of benzene rings is 1. The zero-order valence-corrected chi connectivity index (χ0v) is 9.47. The molecule has 72 valence electrons. The number of phenolic OH excluding ortho intramolecular Hbond substituents is 1. The summed E-state index contributed by atoms with van der Waals surface area (Å²) in [5, 5.41) is 9.27. The van der Waals surface area contributed by atoms with Gasteiger partial charge in [0.1, 0.15) is 5.75 Å². The highest BCUT2D eigenvalue weighted by molar-refractivity contribution is 9.10. The Morgan fingerprint density at radius 3 is 2.69 bits per heavy atom. The van der Waals surface area contributed by atoms with Gasteiger partial charge in [-0.25, -0.2) is 0 Å². The molecule has 13 heavy (non-hydrogen) atoms. The molecule has 0 aliphatic carbocycles. The molecule has 0 fully saturated rings. The van der Waals surface area contributed by atoms with E-state index in [0.717, 1.165) is 10.9 Å². The summed E-state index contributed by atoms with van der Waals surface area (Å²) in [6.45, 7) is 2.20. The molecular formula is C11H15BrO. The molecule has 1 aromatic carbocycles. The molecule has 0 atom stereocenters. The van der Waals surface area contributed by atoms with E-state index in [1.165, 1.54) is 24.8 Å². The number of halogens is 1. The van der Waals surface area contributed by atoms with Gasteiger partial charge in [-0.3, -0.25) is 0 Å². The van der Waals surface area contributed by atoms with Gasteiger partial charge in [-0.05, 0) is 46.5 Å². The lowest BCUT2D eigenvalue weighted by Gasteiger charge is -2.02. The second-order valence-electron chi connectivity index (χ2n) is 3.24. The molecule has 1 nitrogen and oxygen atoms in total. The number of aryl methyl sites for hydroxylation is 1. The fraction of sp³-hybridized carbons (Fsp3) is 0.455. The van der Waals surface area contributed by atoms with Crippen molar-refractivity contribution < 1.29 is 5.11 Å². The quantitative estimate of drug-likeness (QED) is 0.795. The predicted molar refractivity (Wildman–Crippen MR) is 59.0 cm³/mol. The zero-order chi connectivity index (χ0) is 9.68. The van der Waals surface area contributed by atoms with Crippen molar-refractivity contribution in [3.8, 4) is 5.75 Å². The summed E-state index contributed by atoms with van der Waals surface area (Å²) in [6, 6.07) is 5.71. The lowest BCUT2D eigenvalue weighted by atomic mass is 10.1. The molecule has 0 unspecified atom stereocenters. The van der Waals surface area contributed by atoms with Crippen LogP contribution in [0.4, 0.5) is 0 Å². The fourth-order valence-corrected chi connectivity index (χ4v) is 1.71. The van der Waals surface area contributed by atoms with Crippen LogP contribution in [0.25, 0.3) is 0 Å². The summed E-state index contributed by atoms with van der Waals surface area (Å²) in [4.78, 5) is 0. The van der Waals surface area contributed by atoms with E-state index in [0.29, 0.717) is 5.75 Å². The number of hydrogen-bond donors (Lipinski definition) is 1. The number of rotatable bonds is 4. The van der Waals surface area contributed by atoms with Gasteiger partial charge in [0.2, 0.25) is 0 Å². The van der Waals surface area contributed by atoms with Gasteiger partial charge in [-0.15, -0.1) is 0 Å². The van der Waals surface area contributed by atoms with Crippen molar-refractivity contribution in [3.63, 3.8) is 0 Å². The average Bonchev–Trinajstić information content (AvgIpc) is 2.12. The van der Waals surface area contributed by atoms with E-state index in [1.807, 2.05) is 12.1 Å². The van der Waals surface area contributed by atoms with Crippen molar-refractivity contribution in [2.75, 3.05) is 0 Å². The van der Waals surface area contributed by atoms with Crippen LogP contribution in [0.15, 0.2) is 22.7 Å². The summed E-state index contributed by atoms with van der Waals surface area (Å²) in [5.41, 5.74) is 1.29. The largest absolute Gasteiger partial charge is 0.507 e. The van der Waals surface area contributed by atoms with E-state index in [2.05, 4.69) is 22.9 Å². The SMILES string of the molecule is CCCCCc1ccc(O)c(Br)c1. The Balaban J connectivity index is 2.53. The first-order valence-electron chi connectivity index (χ1n) is 4.71. The van der Waals surface area contributed by atoms with Crippen LogP contribution in [0.3, 0.4) is 0 Å². The van der Waals surface area contributed by atoms with Crippen molar-refractivity contribution in [1.29, 1.82) is 0 Å². The van der Waals surface area contributed by atoms with Crippen molar-refractivity contribution in [3.05, 3.63) is 28.2 Å². The topological polar surface area (TPSA) is 20.2 Å². The molecule has 0 bridgehead atoms. The van der Waals surface area contributed by atoms with Gasteiger partial charge >= 0.3 is 0 Å². The first kappa shape index (κ1) is 10.6. The minimum atomic E-state index is 0.319. The second-order valence-corrected chi connectivity index (χ2v) is 4.10. The Kier molecular flexibility index (Phi) is 4.29. The molecule has 1 N–H and O–H groups in total. The minimum Gasteiger partial charge on any atom is -0.507 e. The van der Waals surface area contributed by atoms with Crippen molar-refractivity contribution in [1.82, 2.24) is 0 Å². The monoisotopic (exact) mass is 242 g/mol. The molecule has 2 heteroatoms. The minimum absolute atomic E-state index is 0.319. The van der Waals surface area contributed by atoms with E-state index in [-0.39, 0.29) is 0 Å². The zero-order valence-electron chi connectivity index (χ0n) is 7.89. The van der Waals surface area contributed by atoms with E-state index >= 15 is 0 Å². The molecule has 0 saturated heterocycles. The molecule has 0 amide bonds. The molecule has 0 aliphatic rings. The molecule has 0 saturated carbocycles. The molecule has 0 heterocycles. The van der Waals surface area contributed by atoms with Gasteiger partial charge in [0.05, 0.1) is 4.47 Å². The maximum atomic E-state index is 9.27. The number of hydrogen-bond acceptors (Lipinski definition) is 1. The Bertz CT molecular complexity index is 271. The Hall–Kier alpha value is -0.500. The van der Waals surface area contributed by atoms with Crippen LogP contribution >= 0.6 is 15.9 Å². The third-order valence-electron chi connectivity index (χ3n) is 2.08. The van der Waals surface area contributed by atoms with Crippen molar-refractivity contribution in [2.24, 2.45) is 0 Å². The van der Waals surface area contributed by atoms with E-state index < -0.39 is 0 Å². The van der Waals surface area contributed by atoms with E-state index in [4.69, 9.17) is 0 Å². The van der Waals surface area contributed by atoms with Gasteiger partial charge in [0.15, 0.2) is 0 Å². The average molecular weight is 243 g/mol. The Morgan fingerprint density at radius 2 is 2.08 bits per heavy atom. The van der Waals surface area contributed by atoms with Crippen molar-refractivity contribution in [2.45, 2.75) is 32.6 Å². The fourth-order valence-electron chi connectivity index (χ4n) is 1.29. The van der Waals surface area contributed by atoms with Gasteiger partial charge in [-0.2, -0.15) is 0 Å². The highest BCUT2D eigenvalue weighted by Gasteiger charge is 1.98. The predicted octanol–water partition coefficient (Wildman–Crippen LogP) is 3.89. The second kappa shape index (κ2) is 5.28. The first-order chi connectivity index (χ1) is 6.24. The molecular weight excluding hydrogens is 228 g/mol. The van der Waals surface area contributed by atoms with Crippen LogP contribution < -0.4 is 0 Å². The lowest BCUT2D eigenvalue weighted by Crippen LogP contribution is -1.85. The highest BCUT2D eigenvalue weighted by atomic mass is 79.9. The Morgan fingerprint density at radius 1 is 1.31 bits per heavy atom. The maximum absolute atomic E-state index is 9.27. The van der Waals surface area contributed by atoms with Gasteiger partial charge in [-0.1, -0.05) is 25.8 Å². The molecule has 0 radical (unpaired) electrons. The summed E-state index contributed by atoms with van der Waals surface area (Å²) < 4.78 is 0.793. The van der Waals surface area contributed by atoms with Crippen LogP contribution in [0.1, 0.15) is 31.7 Å². The van der Waals surface area contributed by atoms with Crippen molar-refractivity contribution >= 4 is 15.9 Å². The normalized spacial score (nSPS) is 10.3. The Labute approximate surface area is 87.9 Å². The number of phenols is 1. The molecule has 1 aromatic rings. The van der Waals surface area contributed by atoms with E-state index in [9.17, 15) is 5.11 Å². The van der Waals surface area contributed by atoms with Gasteiger partial charge in [0.25, 0.3) is 0 Å². The molecule has 0 aromatic heterocycles. The van der Waals surface area contributed by atoms with E-state index in [1.54, 1.807) is 6.07 Å². The van der Waals surface area contributed by atoms with Crippen LogP contribution in [-0.4, -0.2) is 5.11 Å². The summed E-state index contributed by atoms with van der Waals surface area (Å²) in [7, 11) is 0. The van der Waals surface area contributed by atoms with Gasteiger partial charge < -0.3 is 5.11 Å². The summed E-state index contributed by atoms with van der Waals surface area (Å²) in [6.07, 6.45) is 4.86. The van der Waals surface area contributed by atoms with Gasteiger partial charge in [0, 0.05) is 0 Å². The standard InChI is InChI=1S/C11H15BrO/c1-2-3-4-5-9-6-7-11(13)10(12)8-9/h6-8,13H,2-5H2,1H3. The summed E-state index contributed by atoms with van der Waals surface area (Å²) in [5.74, 6) is 0.319. The number of unbranched alkanes of at least 4 members (excludes halogenated alkanes) is 2.